The Bertz CT molecular complexity index is 559. The normalized spacial score (nSPS) is 24.7. The highest BCUT2D eigenvalue weighted by atomic mass is 35.5. The van der Waals surface area contributed by atoms with Gasteiger partial charge in [-0.15, -0.1) is 0 Å². The molecular weight excluding hydrogens is 296 g/mol. The number of hydrogen-bond acceptors (Lipinski definition) is 1. The summed E-state index contributed by atoms with van der Waals surface area (Å²) in [4.78, 5) is 12.2. The summed E-state index contributed by atoms with van der Waals surface area (Å²) < 4.78 is 26.3. The van der Waals surface area contributed by atoms with Gasteiger partial charge in [-0.2, -0.15) is 0 Å². The average molecular weight is 316 g/mol. The van der Waals surface area contributed by atoms with E-state index < -0.39 is 17.5 Å². The van der Waals surface area contributed by atoms with Crippen LogP contribution in [-0.2, 0) is 0 Å². The summed E-state index contributed by atoms with van der Waals surface area (Å²) >= 11 is 5.83. The molecule has 0 radical (unpaired) electrons. The van der Waals surface area contributed by atoms with Gasteiger partial charge in [0.15, 0.2) is 11.6 Å². The summed E-state index contributed by atoms with van der Waals surface area (Å²) in [5.41, 5.74) is 0.139. The molecule has 0 bridgehead atoms. The van der Waals surface area contributed by atoms with Gasteiger partial charge in [-0.3, -0.25) is 4.79 Å². The lowest BCUT2D eigenvalue weighted by molar-refractivity contribution is 0.0874. The first-order valence-electron chi connectivity index (χ1n) is 7.13. The van der Waals surface area contributed by atoms with Gasteiger partial charge in [0.05, 0.1) is 10.6 Å². The maximum Gasteiger partial charge on any atom is 0.253 e. The second-order valence-electron chi connectivity index (χ2n) is 6.83. The highest BCUT2D eigenvalue weighted by molar-refractivity contribution is 6.33. The molecule has 1 amide bonds. The molecule has 0 saturated heterocycles. The topological polar surface area (TPSA) is 29.1 Å². The van der Waals surface area contributed by atoms with Crippen LogP contribution in [0.3, 0.4) is 0 Å². The fourth-order valence-corrected chi connectivity index (χ4v) is 3.65. The number of carbonyl (C=O) groups excluding carboxylic acids is 1. The van der Waals surface area contributed by atoms with Crippen LogP contribution in [0, 0.1) is 23.0 Å². The van der Waals surface area contributed by atoms with Crippen molar-refractivity contribution in [3.8, 4) is 0 Å². The largest absolute Gasteiger partial charge is 0.349 e. The number of rotatable bonds is 2. The zero-order chi connectivity index (χ0) is 15.8. The van der Waals surface area contributed by atoms with Crippen LogP contribution >= 0.6 is 11.6 Å². The van der Waals surface area contributed by atoms with Crippen LogP contribution in [-0.4, -0.2) is 11.9 Å². The number of hydrogen-bond donors (Lipinski definition) is 1. The van der Waals surface area contributed by atoms with Crippen molar-refractivity contribution in [3.05, 3.63) is 34.4 Å². The van der Waals surface area contributed by atoms with Gasteiger partial charge in [-0.1, -0.05) is 32.4 Å². The Morgan fingerprint density at radius 2 is 1.90 bits per heavy atom. The van der Waals surface area contributed by atoms with E-state index in [0.29, 0.717) is 5.92 Å². The smallest absolute Gasteiger partial charge is 0.253 e. The first-order valence-corrected chi connectivity index (χ1v) is 7.51. The molecule has 0 heterocycles. The lowest BCUT2D eigenvalue weighted by Gasteiger charge is -2.39. The van der Waals surface area contributed by atoms with Crippen LogP contribution in [0.2, 0.25) is 5.02 Å². The molecule has 2 rings (SSSR count). The third-order valence-corrected chi connectivity index (χ3v) is 4.29. The van der Waals surface area contributed by atoms with Crippen molar-refractivity contribution in [1.82, 2.24) is 5.32 Å². The molecule has 1 aliphatic rings. The van der Waals surface area contributed by atoms with Crippen LogP contribution < -0.4 is 5.32 Å². The van der Waals surface area contributed by atoms with E-state index in [1.165, 1.54) is 0 Å². The first kappa shape index (κ1) is 16.2. The lowest BCUT2D eigenvalue weighted by Crippen LogP contribution is -2.43. The third-order valence-electron chi connectivity index (χ3n) is 3.98. The average Bonchev–Trinajstić information content (AvgIpc) is 2.30. The monoisotopic (exact) mass is 315 g/mol. The van der Waals surface area contributed by atoms with Gasteiger partial charge < -0.3 is 5.32 Å². The van der Waals surface area contributed by atoms with Crippen molar-refractivity contribution in [2.24, 2.45) is 11.3 Å². The number of halogens is 3. The molecule has 2 atom stereocenters. The van der Waals surface area contributed by atoms with Gasteiger partial charge in [0.1, 0.15) is 0 Å². The molecule has 1 fully saturated rings. The molecule has 0 spiro atoms. The molecule has 0 aromatic heterocycles. The number of benzene rings is 1. The van der Waals surface area contributed by atoms with Crippen molar-refractivity contribution in [2.75, 3.05) is 0 Å². The highest BCUT2D eigenvalue weighted by Crippen LogP contribution is 2.38. The molecule has 1 aliphatic carbocycles. The minimum Gasteiger partial charge on any atom is -0.349 e. The molecule has 1 saturated carbocycles. The van der Waals surface area contributed by atoms with Crippen LogP contribution in [0.15, 0.2) is 12.1 Å². The molecule has 116 valence electrons. The summed E-state index contributed by atoms with van der Waals surface area (Å²) in [5, 5.41) is 2.82. The Kier molecular flexibility index (Phi) is 4.57. The van der Waals surface area contributed by atoms with Gasteiger partial charge in [-0.05, 0) is 42.7 Å². The quantitative estimate of drug-likeness (QED) is 0.796. The van der Waals surface area contributed by atoms with E-state index in [1.54, 1.807) is 0 Å². The summed E-state index contributed by atoms with van der Waals surface area (Å²) in [6, 6.07) is 1.71. The predicted molar refractivity (Wildman–Crippen MR) is 79.4 cm³/mol. The molecule has 1 aromatic rings. The van der Waals surface area contributed by atoms with Gasteiger partial charge in [0.25, 0.3) is 5.91 Å². The Hall–Kier alpha value is -1.16. The summed E-state index contributed by atoms with van der Waals surface area (Å²) in [5.74, 6) is -2.06. The zero-order valence-electron chi connectivity index (χ0n) is 12.5. The standard InChI is InChI=1S/C16H20ClF2NO/c1-9-4-10(8-16(2,3)7-9)20-15(21)11-5-13(18)14(19)6-12(11)17/h5-6,9-10H,4,7-8H2,1-3H3,(H,20,21)/t9-,10-/m0/s1. The van der Waals surface area contributed by atoms with E-state index in [0.717, 1.165) is 31.4 Å². The maximum absolute atomic E-state index is 13.3. The van der Waals surface area contributed by atoms with E-state index in [-0.39, 0.29) is 22.0 Å². The molecule has 0 aliphatic heterocycles. The maximum atomic E-state index is 13.3. The van der Waals surface area contributed by atoms with Crippen LogP contribution in [0.25, 0.3) is 0 Å². The molecule has 0 unspecified atom stereocenters. The summed E-state index contributed by atoms with van der Waals surface area (Å²) in [7, 11) is 0. The first-order chi connectivity index (χ1) is 9.68. The predicted octanol–water partition coefficient (Wildman–Crippen LogP) is 4.56. The van der Waals surface area contributed by atoms with Crippen molar-refractivity contribution < 1.29 is 13.6 Å². The van der Waals surface area contributed by atoms with Crippen LogP contribution in [0.4, 0.5) is 8.78 Å². The van der Waals surface area contributed by atoms with E-state index in [9.17, 15) is 13.6 Å². The molecule has 5 heteroatoms. The van der Waals surface area contributed by atoms with E-state index in [2.05, 4.69) is 26.1 Å². The minimum atomic E-state index is -1.07. The second-order valence-corrected chi connectivity index (χ2v) is 7.24. The lowest BCUT2D eigenvalue weighted by atomic mass is 9.70. The van der Waals surface area contributed by atoms with Crippen molar-refractivity contribution in [3.63, 3.8) is 0 Å². The van der Waals surface area contributed by atoms with Gasteiger partial charge >= 0.3 is 0 Å². The van der Waals surface area contributed by atoms with Gasteiger partial charge in [0, 0.05) is 6.04 Å². The van der Waals surface area contributed by atoms with Crippen molar-refractivity contribution in [2.45, 2.75) is 46.1 Å². The van der Waals surface area contributed by atoms with E-state index in [4.69, 9.17) is 11.6 Å². The van der Waals surface area contributed by atoms with Crippen molar-refractivity contribution in [1.29, 1.82) is 0 Å². The SMILES string of the molecule is C[C@H]1C[C@H](NC(=O)c2cc(F)c(F)cc2Cl)CC(C)(C)C1. The zero-order valence-corrected chi connectivity index (χ0v) is 13.2. The summed E-state index contributed by atoms with van der Waals surface area (Å²) in [6.45, 7) is 6.50. The van der Waals surface area contributed by atoms with Gasteiger partial charge in [-0.25, -0.2) is 8.78 Å². The molecular formula is C16H20ClF2NO. The third kappa shape index (κ3) is 3.94. The summed E-state index contributed by atoms with van der Waals surface area (Å²) in [6.07, 6.45) is 2.87. The number of carbonyl (C=O) groups is 1. The van der Waals surface area contributed by atoms with Crippen LogP contribution in [0.5, 0.6) is 0 Å². The molecule has 21 heavy (non-hydrogen) atoms. The number of nitrogens with one attached hydrogen (secondary N) is 1. The fourth-order valence-electron chi connectivity index (χ4n) is 3.42. The Morgan fingerprint density at radius 3 is 2.52 bits per heavy atom. The van der Waals surface area contributed by atoms with Crippen molar-refractivity contribution >= 4 is 17.5 Å². The van der Waals surface area contributed by atoms with Crippen LogP contribution in [0.1, 0.15) is 50.4 Å². The minimum absolute atomic E-state index is 0.0217. The van der Waals surface area contributed by atoms with Gasteiger partial charge in [0.2, 0.25) is 0 Å². The van der Waals surface area contributed by atoms with E-state index >= 15 is 0 Å². The molecule has 2 nitrogen and oxygen atoms in total. The Balaban J connectivity index is 2.13. The highest BCUT2D eigenvalue weighted by Gasteiger charge is 2.33. The van der Waals surface area contributed by atoms with E-state index in [1.807, 2.05) is 0 Å². The molecule has 1 aromatic carbocycles. The molecule has 1 N–H and O–H groups in total. The Morgan fingerprint density at radius 1 is 1.29 bits per heavy atom. The number of amides is 1. The second kappa shape index (κ2) is 5.91. The fraction of sp³-hybridized carbons (Fsp3) is 0.562. The Labute approximate surface area is 128 Å².